The van der Waals surface area contributed by atoms with E-state index in [2.05, 4.69) is 44.9 Å². The van der Waals surface area contributed by atoms with Crippen molar-refractivity contribution < 1.29 is 0 Å². The van der Waals surface area contributed by atoms with Crippen LogP contribution >= 0.6 is 23.2 Å². The highest BCUT2D eigenvalue weighted by atomic mass is 35.5. The molecule has 0 unspecified atom stereocenters. The van der Waals surface area contributed by atoms with Crippen molar-refractivity contribution in [3.05, 3.63) is 16.1 Å². The van der Waals surface area contributed by atoms with E-state index in [4.69, 9.17) is 28.9 Å². The molecule has 0 aliphatic carbocycles. The molecule has 1 heterocycles. The maximum Gasteiger partial charge on any atom is 0.147 e. The minimum absolute atomic E-state index is 0.130. The number of halogens is 2. The Kier molecular flexibility index (Phi) is 4.39. The van der Waals surface area contributed by atoms with Gasteiger partial charge in [-0.15, -0.1) is 0 Å². The molecule has 0 spiro atoms. The number of nitrogens with two attached hydrogens (primary N) is 1. The molecule has 18 heavy (non-hydrogen) atoms. The van der Waals surface area contributed by atoms with Crippen LogP contribution in [0.2, 0.25) is 10.0 Å². The maximum atomic E-state index is 6.11. The molecule has 0 atom stereocenters. The monoisotopic (exact) mass is 289 g/mol. The second-order valence-corrected chi connectivity index (χ2v) is 7.25. The lowest BCUT2D eigenvalue weighted by Gasteiger charge is -2.34. The minimum Gasteiger partial charge on any atom is -0.382 e. The number of hydrogen-bond donors (Lipinski definition) is 2. The second-order valence-electron chi connectivity index (χ2n) is 6.43. The van der Waals surface area contributed by atoms with Gasteiger partial charge >= 0.3 is 0 Å². The fraction of sp³-hybridized carbons (Fsp3) is 0.615. The highest BCUT2D eigenvalue weighted by molar-refractivity contribution is 6.37. The first kappa shape index (κ1) is 15.4. The molecule has 0 amide bonds. The van der Waals surface area contributed by atoms with Gasteiger partial charge in [-0.2, -0.15) is 0 Å². The lowest BCUT2D eigenvalue weighted by Crippen LogP contribution is -2.35. The molecule has 0 bridgehead atoms. The molecular formula is C13H21Cl2N3. The van der Waals surface area contributed by atoms with Gasteiger partial charge in [-0.3, -0.25) is 0 Å². The van der Waals surface area contributed by atoms with Crippen LogP contribution in [0.4, 0.5) is 11.6 Å². The second kappa shape index (κ2) is 5.14. The molecule has 5 heteroatoms. The van der Waals surface area contributed by atoms with Gasteiger partial charge in [0.15, 0.2) is 0 Å². The van der Waals surface area contributed by atoms with Gasteiger partial charge in [0.05, 0.1) is 10.0 Å². The highest BCUT2D eigenvalue weighted by Crippen LogP contribution is 2.33. The molecule has 1 rings (SSSR count). The summed E-state index contributed by atoms with van der Waals surface area (Å²) in [6.45, 7) is 10.8. The quantitative estimate of drug-likeness (QED) is 0.855. The zero-order valence-corrected chi connectivity index (χ0v) is 13.1. The minimum atomic E-state index is -0.130. The third-order valence-electron chi connectivity index (χ3n) is 2.39. The van der Waals surface area contributed by atoms with Crippen molar-refractivity contribution in [1.82, 2.24) is 4.98 Å². The Balaban J connectivity index is 2.94. The van der Waals surface area contributed by atoms with Crippen molar-refractivity contribution in [2.75, 3.05) is 11.1 Å². The van der Waals surface area contributed by atoms with Crippen LogP contribution in [0.1, 0.15) is 41.0 Å². The summed E-state index contributed by atoms with van der Waals surface area (Å²) in [6, 6.07) is 1.61. The Morgan fingerprint density at radius 2 is 1.72 bits per heavy atom. The molecule has 0 aliphatic heterocycles. The van der Waals surface area contributed by atoms with Crippen molar-refractivity contribution in [2.45, 2.75) is 46.6 Å². The van der Waals surface area contributed by atoms with Gasteiger partial charge in [0.25, 0.3) is 0 Å². The summed E-state index contributed by atoms with van der Waals surface area (Å²) in [5.74, 6) is 0.864. The topological polar surface area (TPSA) is 50.9 Å². The summed E-state index contributed by atoms with van der Waals surface area (Å²) in [7, 11) is 0. The molecule has 0 saturated carbocycles. The summed E-state index contributed by atoms with van der Waals surface area (Å²) in [6.07, 6.45) is 0.973. The third kappa shape index (κ3) is 4.54. The zero-order valence-electron chi connectivity index (χ0n) is 11.6. The standard InChI is InChI=1S/C13H21Cl2N3/c1-12(2,3)7-13(4,5)18-11-9(15)6-8(14)10(16)17-11/h6H,7H2,1-5H3,(H3,16,17,18). The van der Waals surface area contributed by atoms with Gasteiger partial charge in [-0.1, -0.05) is 44.0 Å². The molecule has 0 aromatic carbocycles. The van der Waals surface area contributed by atoms with E-state index in [0.29, 0.717) is 15.9 Å². The van der Waals surface area contributed by atoms with Crippen molar-refractivity contribution in [3.8, 4) is 0 Å². The average Bonchev–Trinajstić information content (AvgIpc) is 2.09. The fourth-order valence-electron chi connectivity index (χ4n) is 2.26. The van der Waals surface area contributed by atoms with E-state index in [1.165, 1.54) is 0 Å². The van der Waals surface area contributed by atoms with Crippen LogP contribution < -0.4 is 11.1 Å². The molecule has 1 aromatic rings. The SMILES string of the molecule is CC(C)(C)CC(C)(C)Nc1nc(N)c(Cl)cc1Cl. The smallest absolute Gasteiger partial charge is 0.147 e. The number of anilines is 2. The van der Waals surface area contributed by atoms with E-state index in [9.17, 15) is 0 Å². The third-order valence-corrected chi connectivity index (χ3v) is 2.98. The number of nitrogens with one attached hydrogen (secondary N) is 1. The van der Waals surface area contributed by atoms with Crippen LogP contribution in [0.5, 0.6) is 0 Å². The molecule has 1 aromatic heterocycles. The number of rotatable bonds is 3. The van der Waals surface area contributed by atoms with Gasteiger partial charge < -0.3 is 11.1 Å². The molecule has 102 valence electrons. The Labute approximate surface area is 119 Å². The Morgan fingerprint density at radius 1 is 1.17 bits per heavy atom. The first-order valence-electron chi connectivity index (χ1n) is 5.90. The Morgan fingerprint density at radius 3 is 2.22 bits per heavy atom. The van der Waals surface area contributed by atoms with E-state index in [0.717, 1.165) is 6.42 Å². The predicted octanol–water partition coefficient (Wildman–Crippen LogP) is 4.60. The summed E-state index contributed by atoms with van der Waals surface area (Å²) in [5, 5.41) is 4.19. The normalized spacial score (nSPS) is 12.6. The molecule has 0 radical (unpaired) electrons. The van der Waals surface area contributed by atoms with Crippen LogP contribution in [-0.4, -0.2) is 10.5 Å². The van der Waals surface area contributed by atoms with E-state index in [-0.39, 0.29) is 16.8 Å². The maximum absolute atomic E-state index is 6.11. The first-order valence-corrected chi connectivity index (χ1v) is 6.65. The van der Waals surface area contributed by atoms with Crippen molar-refractivity contribution in [2.24, 2.45) is 5.41 Å². The van der Waals surface area contributed by atoms with Crippen molar-refractivity contribution in [1.29, 1.82) is 0 Å². The number of pyridine rings is 1. The molecule has 0 saturated heterocycles. The molecule has 0 fully saturated rings. The number of nitrogen functional groups attached to an aromatic ring is 1. The average molecular weight is 290 g/mol. The molecular weight excluding hydrogens is 269 g/mol. The van der Waals surface area contributed by atoms with Crippen molar-refractivity contribution >= 4 is 34.8 Å². The largest absolute Gasteiger partial charge is 0.382 e. The van der Waals surface area contributed by atoms with Crippen LogP contribution in [-0.2, 0) is 0 Å². The van der Waals surface area contributed by atoms with Crippen LogP contribution in [0.3, 0.4) is 0 Å². The molecule has 0 aliphatic rings. The molecule has 3 N–H and O–H groups in total. The van der Waals surface area contributed by atoms with Crippen LogP contribution in [0, 0.1) is 5.41 Å². The van der Waals surface area contributed by atoms with E-state index >= 15 is 0 Å². The first-order chi connectivity index (χ1) is 8.00. The fourth-order valence-corrected chi connectivity index (χ4v) is 2.66. The van der Waals surface area contributed by atoms with Gasteiger partial charge in [-0.05, 0) is 31.7 Å². The lowest BCUT2D eigenvalue weighted by atomic mass is 9.82. The summed E-state index contributed by atoms with van der Waals surface area (Å²) in [4.78, 5) is 4.19. The summed E-state index contributed by atoms with van der Waals surface area (Å²) in [5.41, 5.74) is 5.77. The highest BCUT2D eigenvalue weighted by Gasteiger charge is 2.26. The van der Waals surface area contributed by atoms with E-state index in [1.54, 1.807) is 6.07 Å². The number of aromatic nitrogens is 1. The number of nitrogens with zero attached hydrogens (tertiary/aromatic N) is 1. The van der Waals surface area contributed by atoms with Crippen LogP contribution in [0.25, 0.3) is 0 Å². The Bertz CT molecular complexity index is 437. The number of hydrogen-bond acceptors (Lipinski definition) is 3. The van der Waals surface area contributed by atoms with Crippen LogP contribution in [0.15, 0.2) is 6.07 Å². The lowest BCUT2D eigenvalue weighted by molar-refractivity contribution is 0.302. The van der Waals surface area contributed by atoms with Gasteiger partial charge in [0.1, 0.15) is 11.6 Å². The summed E-state index contributed by atoms with van der Waals surface area (Å²) < 4.78 is 0. The van der Waals surface area contributed by atoms with Crippen molar-refractivity contribution in [3.63, 3.8) is 0 Å². The molecule has 3 nitrogen and oxygen atoms in total. The van der Waals surface area contributed by atoms with Gasteiger partial charge in [-0.25, -0.2) is 4.98 Å². The summed E-state index contributed by atoms with van der Waals surface area (Å²) >= 11 is 12.0. The van der Waals surface area contributed by atoms with Gasteiger partial charge in [0, 0.05) is 5.54 Å². The zero-order chi connectivity index (χ0) is 14.1. The van der Waals surface area contributed by atoms with Gasteiger partial charge in [0.2, 0.25) is 0 Å². The van der Waals surface area contributed by atoms with E-state index in [1.807, 2.05) is 0 Å². The Hall–Kier alpha value is -0.670. The predicted molar refractivity (Wildman–Crippen MR) is 80.4 cm³/mol. The van der Waals surface area contributed by atoms with E-state index < -0.39 is 0 Å².